The molecule has 1 unspecified atom stereocenters. The van der Waals surface area contributed by atoms with Crippen LogP contribution in [0.25, 0.3) is 11.1 Å². The first-order valence-corrected chi connectivity index (χ1v) is 9.19. The smallest absolute Gasteiger partial charge is 0.167 e. The monoisotopic (exact) mass is 354 g/mol. The van der Waals surface area contributed by atoms with Crippen molar-refractivity contribution >= 4 is 16.9 Å². The zero-order valence-corrected chi connectivity index (χ0v) is 15.6. The summed E-state index contributed by atoms with van der Waals surface area (Å²) in [6.45, 7) is 4.04. The molecular weight excluding hydrogens is 332 g/mol. The average Bonchev–Trinajstić information content (AvgIpc) is 2.95. The van der Waals surface area contributed by atoms with Crippen molar-refractivity contribution in [3.05, 3.63) is 107 Å². The average molecular weight is 354 g/mol. The van der Waals surface area contributed by atoms with Crippen LogP contribution in [0.4, 0.5) is 0 Å². The molecule has 2 nitrogen and oxygen atoms in total. The maximum atomic E-state index is 13.1. The number of carbonyl (C=O) groups excluding carboxylic acids is 1. The molecule has 0 heterocycles. The van der Waals surface area contributed by atoms with E-state index in [0.29, 0.717) is 11.1 Å². The van der Waals surface area contributed by atoms with E-state index in [-0.39, 0.29) is 12.2 Å². The van der Waals surface area contributed by atoms with E-state index in [2.05, 4.69) is 0 Å². The van der Waals surface area contributed by atoms with Crippen molar-refractivity contribution < 1.29 is 9.90 Å². The predicted octanol–water partition coefficient (Wildman–Crippen LogP) is 5.07. The molecule has 0 radical (unpaired) electrons. The van der Waals surface area contributed by atoms with Crippen molar-refractivity contribution in [2.75, 3.05) is 0 Å². The van der Waals surface area contributed by atoms with Gasteiger partial charge in [-0.2, -0.15) is 0 Å². The van der Waals surface area contributed by atoms with E-state index >= 15 is 0 Å². The van der Waals surface area contributed by atoms with E-state index in [1.165, 1.54) is 0 Å². The van der Waals surface area contributed by atoms with Crippen molar-refractivity contribution in [3.8, 4) is 0 Å². The summed E-state index contributed by atoms with van der Waals surface area (Å²) in [5.74, 6) is -0.0279. The first-order chi connectivity index (χ1) is 13.0. The summed E-state index contributed by atoms with van der Waals surface area (Å²) in [5, 5.41) is 11.8. The van der Waals surface area contributed by atoms with Gasteiger partial charge in [-0.15, -0.1) is 0 Å². The van der Waals surface area contributed by atoms with E-state index in [0.717, 1.165) is 27.8 Å². The van der Waals surface area contributed by atoms with Gasteiger partial charge in [-0.25, -0.2) is 0 Å². The number of Topliss-reactive ketones (excluding diaryl/α,β-unsaturated/α-hetero) is 1. The van der Waals surface area contributed by atoms with Gasteiger partial charge in [0.25, 0.3) is 0 Å². The van der Waals surface area contributed by atoms with Crippen molar-refractivity contribution in [1.82, 2.24) is 0 Å². The van der Waals surface area contributed by atoms with Crippen molar-refractivity contribution in [3.63, 3.8) is 0 Å². The van der Waals surface area contributed by atoms with Gasteiger partial charge in [0.1, 0.15) is 5.60 Å². The molecule has 0 aliphatic heterocycles. The van der Waals surface area contributed by atoms with Crippen LogP contribution in [0, 0.1) is 13.8 Å². The molecule has 1 aliphatic carbocycles. The Morgan fingerprint density at radius 3 is 1.89 bits per heavy atom. The zero-order chi connectivity index (χ0) is 19.0. The van der Waals surface area contributed by atoms with Crippen molar-refractivity contribution in [1.29, 1.82) is 0 Å². The SMILES string of the molecule is Cc1ccc(C2=C(c3ccccc3)C(=O)CC2(O)c2ccc(C)cc2)cc1. The molecule has 0 saturated carbocycles. The molecule has 134 valence electrons. The molecule has 4 rings (SSSR count). The molecule has 0 aromatic heterocycles. The highest BCUT2D eigenvalue weighted by molar-refractivity contribution is 6.32. The summed E-state index contributed by atoms with van der Waals surface area (Å²) in [6, 6.07) is 25.5. The summed E-state index contributed by atoms with van der Waals surface area (Å²) < 4.78 is 0. The van der Waals surface area contributed by atoms with Crippen LogP contribution < -0.4 is 0 Å². The van der Waals surface area contributed by atoms with Gasteiger partial charge in [-0.05, 0) is 30.5 Å². The fourth-order valence-electron chi connectivity index (χ4n) is 3.84. The van der Waals surface area contributed by atoms with Crippen LogP contribution in [-0.2, 0) is 10.4 Å². The number of allylic oxidation sites excluding steroid dienone is 1. The van der Waals surface area contributed by atoms with Crippen LogP contribution in [0.2, 0.25) is 0 Å². The number of aryl methyl sites for hydroxylation is 2. The lowest BCUT2D eigenvalue weighted by Gasteiger charge is -2.27. The minimum atomic E-state index is -1.33. The highest BCUT2D eigenvalue weighted by atomic mass is 16.3. The second-order valence-corrected chi connectivity index (χ2v) is 7.31. The highest BCUT2D eigenvalue weighted by Gasteiger charge is 2.46. The quantitative estimate of drug-likeness (QED) is 0.712. The fourth-order valence-corrected chi connectivity index (χ4v) is 3.84. The molecule has 3 aromatic rings. The number of rotatable bonds is 3. The third-order valence-corrected chi connectivity index (χ3v) is 5.29. The molecule has 27 heavy (non-hydrogen) atoms. The van der Waals surface area contributed by atoms with Gasteiger partial charge in [0.2, 0.25) is 0 Å². The number of benzene rings is 3. The first-order valence-electron chi connectivity index (χ1n) is 9.19. The van der Waals surface area contributed by atoms with E-state index in [1.807, 2.05) is 92.7 Å². The van der Waals surface area contributed by atoms with Gasteiger partial charge < -0.3 is 5.11 Å². The lowest BCUT2D eigenvalue weighted by Crippen LogP contribution is -2.25. The van der Waals surface area contributed by atoms with Gasteiger partial charge in [0, 0.05) is 17.6 Å². The van der Waals surface area contributed by atoms with Crippen LogP contribution in [0.15, 0.2) is 78.9 Å². The van der Waals surface area contributed by atoms with E-state index in [9.17, 15) is 9.90 Å². The Morgan fingerprint density at radius 1 is 0.741 bits per heavy atom. The summed E-state index contributed by atoms with van der Waals surface area (Å²) in [5.41, 5.74) is 4.73. The molecular formula is C25H22O2. The fraction of sp³-hybridized carbons (Fsp3) is 0.160. The van der Waals surface area contributed by atoms with Crippen molar-refractivity contribution in [2.45, 2.75) is 25.9 Å². The molecule has 2 heteroatoms. The van der Waals surface area contributed by atoms with E-state index in [1.54, 1.807) is 0 Å². The van der Waals surface area contributed by atoms with Crippen LogP contribution >= 0.6 is 0 Å². The lowest BCUT2D eigenvalue weighted by atomic mass is 9.82. The van der Waals surface area contributed by atoms with Crippen molar-refractivity contribution in [2.24, 2.45) is 0 Å². The van der Waals surface area contributed by atoms with Crippen LogP contribution in [-0.4, -0.2) is 10.9 Å². The van der Waals surface area contributed by atoms with Gasteiger partial charge in [-0.3, -0.25) is 4.79 Å². The summed E-state index contributed by atoms with van der Waals surface area (Å²) >= 11 is 0. The molecule has 1 N–H and O–H groups in total. The third-order valence-electron chi connectivity index (χ3n) is 5.29. The number of hydrogen-bond acceptors (Lipinski definition) is 2. The maximum Gasteiger partial charge on any atom is 0.167 e. The minimum Gasteiger partial charge on any atom is -0.380 e. The minimum absolute atomic E-state index is 0.0279. The molecule has 1 aliphatic rings. The maximum absolute atomic E-state index is 13.1. The van der Waals surface area contributed by atoms with E-state index < -0.39 is 5.60 Å². The number of ketones is 1. The molecule has 0 fully saturated rings. The topological polar surface area (TPSA) is 37.3 Å². The number of carbonyl (C=O) groups is 1. The molecule has 0 spiro atoms. The molecule has 0 saturated heterocycles. The van der Waals surface area contributed by atoms with Crippen LogP contribution in [0.5, 0.6) is 0 Å². The Morgan fingerprint density at radius 2 is 1.30 bits per heavy atom. The summed E-state index contributed by atoms with van der Waals surface area (Å²) in [6.07, 6.45) is 0.0590. The largest absolute Gasteiger partial charge is 0.380 e. The number of aliphatic hydroxyl groups is 1. The Kier molecular flexibility index (Phi) is 4.29. The van der Waals surface area contributed by atoms with Gasteiger partial charge in [0.05, 0.1) is 0 Å². The molecule has 0 amide bonds. The Hall–Kier alpha value is -2.97. The van der Waals surface area contributed by atoms with Gasteiger partial charge >= 0.3 is 0 Å². The zero-order valence-electron chi connectivity index (χ0n) is 15.6. The summed E-state index contributed by atoms with van der Waals surface area (Å²) in [7, 11) is 0. The predicted molar refractivity (Wildman–Crippen MR) is 109 cm³/mol. The highest BCUT2D eigenvalue weighted by Crippen LogP contribution is 2.50. The normalized spacial score (nSPS) is 19.6. The second kappa shape index (κ2) is 6.64. The molecule has 0 bridgehead atoms. The van der Waals surface area contributed by atoms with E-state index in [4.69, 9.17) is 0 Å². The van der Waals surface area contributed by atoms with Crippen LogP contribution in [0.1, 0.15) is 34.2 Å². The number of hydrogen-bond donors (Lipinski definition) is 1. The third kappa shape index (κ3) is 3.02. The Balaban J connectivity index is 1.99. The second-order valence-electron chi connectivity index (χ2n) is 7.31. The Labute approximate surface area is 159 Å². The summed E-state index contributed by atoms with van der Waals surface area (Å²) in [4.78, 5) is 13.1. The standard InChI is InChI=1S/C25H22O2/c1-17-8-12-20(13-9-17)24-23(19-6-4-3-5-7-19)22(26)16-25(24,27)21-14-10-18(2)11-15-21/h3-15,27H,16H2,1-2H3. The van der Waals surface area contributed by atoms with Gasteiger partial charge in [0.15, 0.2) is 5.78 Å². The lowest BCUT2D eigenvalue weighted by molar-refractivity contribution is -0.115. The molecule has 3 aromatic carbocycles. The van der Waals surface area contributed by atoms with Gasteiger partial charge in [-0.1, -0.05) is 90.0 Å². The van der Waals surface area contributed by atoms with Crippen LogP contribution in [0.3, 0.4) is 0 Å². The molecule has 1 atom stereocenters. The first kappa shape index (κ1) is 17.4. The Bertz CT molecular complexity index is 1010.